The summed E-state index contributed by atoms with van der Waals surface area (Å²) in [5.41, 5.74) is 0. The number of carbonyl (C=O) groups excluding carboxylic acids is 1. The second-order valence-corrected chi connectivity index (χ2v) is 5.82. The summed E-state index contributed by atoms with van der Waals surface area (Å²) in [6, 6.07) is 2.09. The van der Waals surface area contributed by atoms with Crippen LogP contribution in [0.2, 0.25) is 0 Å². The van der Waals surface area contributed by atoms with Crippen LogP contribution in [0.1, 0.15) is 9.23 Å². The Kier molecular flexibility index (Phi) is 1.67. The topological polar surface area (TPSA) is 17.1 Å². The van der Waals surface area contributed by atoms with Crippen molar-refractivity contribution < 1.29 is 4.79 Å². The fourth-order valence-electron chi connectivity index (χ4n) is 0.888. The molecule has 0 aliphatic rings. The monoisotopic (exact) mass is 264 g/mol. The molecule has 2 aromatic rings. The molecular weight excluding hydrogens is 258 g/mol. The zero-order chi connectivity index (χ0) is 6.97. The number of rotatable bonds is 1. The average Bonchev–Trinajstić information content (AvgIpc) is 2.44. The van der Waals surface area contributed by atoms with E-state index in [1.54, 1.807) is 0 Å². The van der Waals surface area contributed by atoms with Gasteiger partial charge in [0.15, 0.2) is 0 Å². The summed E-state index contributed by atoms with van der Waals surface area (Å²) >= 11 is 0.876. The summed E-state index contributed by atoms with van der Waals surface area (Å²) < 4.78 is 2.45. The van der Waals surface area contributed by atoms with Crippen molar-refractivity contribution in [3.8, 4) is 0 Å². The Morgan fingerprint density at radius 1 is 1.40 bits per heavy atom. The number of fused-ring (bicyclic) bond motifs is 1. The maximum atomic E-state index is 10.4. The van der Waals surface area contributed by atoms with E-state index in [0.29, 0.717) is 29.0 Å². The van der Waals surface area contributed by atoms with Gasteiger partial charge in [-0.2, -0.15) is 0 Å². The Labute approximate surface area is 70.2 Å². The van der Waals surface area contributed by atoms with Gasteiger partial charge in [0.2, 0.25) is 0 Å². The van der Waals surface area contributed by atoms with Crippen LogP contribution in [0.25, 0.3) is 9.65 Å². The third-order valence-corrected chi connectivity index (χ3v) is 5.87. The SMILES string of the molecule is O=Cc1[se]cc2[se]ccc12. The van der Waals surface area contributed by atoms with Gasteiger partial charge in [0.25, 0.3) is 0 Å². The van der Waals surface area contributed by atoms with Crippen LogP contribution in [-0.4, -0.2) is 35.3 Å². The zero-order valence-electron chi connectivity index (χ0n) is 5.03. The average molecular weight is 262 g/mol. The summed E-state index contributed by atoms with van der Waals surface area (Å²) in [5, 5.41) is 1.23. The molecule has 0 fully saturated rings. The van der Waals surface area contributed by atoms with Gasteiger partial charge in [0, 0.05) is 0 Å². The van der Waals surface area contributed by atoms with Crippen molar-refractivity contribution in [1.29, 1.82) is 0 Å². The van der Waals surface area contributed by atoms with Crippen molar-refractivity contribution in [2.75, 3.05) is 0 Å². The molecule has 0 radical (unpaired) electrons. The summed E-state index contributed by atoms with van der Waals surface area (Å²) in [4.78, 5) is 14.8. The Hall–Kier alpha value is -0.0710. The van der Waals surface area contributed by atoms with Gasteiger partial charge in [0.1, 0.15) is 0 Å². The first-order chi connectivity index (χ1) is 4.92. The van der Waals surface area contributed by atoms with Gasteiger partial charge in [-0.1, -0.05) is 0 Å². The fraction of sp³-hybridized carbons (Fsp3) is 0. The first-order valence-corrected chi connectivity index (χ1v) is 6.51. The second kappa shape index (κ2) is 2.52. The van der Waals surface area contributed by atoms with Crippen LogP contribution in [-0.2, 0) is 0 Å². The zero-order valence-corrected chi connectivity index (χ0v) is 8.46. The molecule has 50 valence electrons. The molecule has 0 aromatic carbocycles. The molecule has 1 nitrogen and oxygen atoms in total. The van der Waals surface area contributed by atoms with E-state index in [2.05, 4.69) is 15.9 Å². The Morgan fingerprint density at radius 2 is 2.30 bits per heavy atom. The van der Waals surface area contributed by atoms with Crippen molar-refractivity contribution in [3.63, 3.8) is 0 Å². The summed E-state index contributed by atoms with van der Waals surface area (Å²) in [6.45, 7) is 0. The molecule has 0 spiro atoms. The van der Waals surface area contributed by atoms with E-state index in [1.807, 2.05) is 0 Å². The van der Waals surface area contributed by atoms with E-state index in [0.717, 1.165) is 10.7 Å². The van der Waals surface area contributed by atoms with Gasteiger partial charge < -0.3 is 0 Å². The van der Waals surface area contributed by atoms with E-state index < -0.39 is 0 Å². The molecule has 0 unspecified atom stereocenters. The molecule has 0 amide bonds. The van der Waals surface area contributed by atoms with Crippen LogP contribution in [0.5, 0.6) is 0 Å². The molecule has 0 saturated heterocycles. The quantitative estimate of drug-likeness (QED) is 0.548. The Bertz CT molecular complexity index is 358. The van der Waals surface area contributed by atoms with Crippen molar-refractivity contribution >= 4 is 44.9 Å². The van der Waals surface area contributed by atoms with Crippen LogP contribution in [0, 0.1) is 0 Å². The summed E-state index contributed by atoms with van der Waals surface area (Å²) in [5.74, 6) is 0. The first-order valence-electron chi connectivity index (χ1n) is 2.81. The van der Waals surface area contributed by atoms with E-state index >= 15 is 0 Å². The molecule has 10 heavy (non-hydrogen) atoms. The van der Waals surface area contributed by atoms with Gasteiger partial charge in [-0.05, 0) is 0 Å². The molecule has 0 aliphatic carbocycles. The predicted octanol–water partition coefficient (Wildman–Crippen LogP) is 0.766. The standard InChI is InChI=1S/C7H4OSe2/c8-3-6-5-1-2-9-7(5)4-10-6/h1-4H. The van der Waals surface area contributed by atoms with Crippen molar-refractivity contribution in [3.05, 3.63) is 20.4 Å². The maximum absolute atomic E-state index is 10.4. The van der Waals surface area contributed by atoms with E-state index in [9.17, 15) is 4.79 Å². The van der Waals surface area contributed by atoms with Crippen molar-refractivity contribution in [1.82, 2.24) is 0 Å². The molecule has 3 heteroatoms. The molecule has 2 rings (SSSR count). The third kappa shape index (κ3) is 0.869. The van der Waals surface area contributed by atoms with Crippen LogP contribution in [0.4, 0.5) is 0 Å². The van der Waals surface area contributed by atoms with Gasteiger partial charge >= 0.3 is 70.1 Å². The minimum absolute atomic E-state index is 0.346. The van der Waals surface area contributed by atoms with Gasteiger partial charge in [-0.25, -0.2) is 0 Å². The molecule has 2 aromatic heterocycles. The Morgan fingerprint density at radius 3 is 3.10 bits per heavy atom. The summed E-state index contributed by atoms with van der Waals surface area (Å²) in [7, 11) is 0. The second-order valence-electron chi connectivity index (χ2n) is 1.92. The van der Waals surface area contributed by atoms with E-state index in [-0.39, 0.29) is 0 Å². The molecule has 0 N–H and O–H groups in total. The predicted molar refractivity (Wildman–Crippen MR) is 43.2 cm³/mol. The number of aldehydes is 1. The summed E-state index contributed by atoms with van der Waals surface area (Å²) in [6.07, 6.45) is 1.00. The minimum atomic E-state index is 0.346. The molecule has 2 heterocycles. The van der Waals surface area contributed by atoms with Crippen LogP contribution in [0.15, 0.2) is 15.9 Å². The normalized spacial score (nSPS) is 10.4. The molecule has 0 atom stereocenters. The molecule has 0 saturated carbocycles. The third-order valence-electron chi connectivity index (χ3n) is 1.36. The van der Waals surface area contributed by atoms with Gasteiger partial charge in [-0.15, -0.1) is 0 Å². The van der Waals surface area contributed by atoms with Crippen molar-refractivity contribution in [2.45, 2.75) is 0 Å². The van der Waals surface area contributed by atoms with Gasteiger partial charge in [-0.3, -0.25) is 0 Å². The number of hydrogen-bond donors (Lipinski definition) is 0. The molecule has 0 bridgehead atoms. The van der Waals surface area contributed by atoms with Crippen LogP contribution < -0.4 is 0 Å². The van der Waals surface area contributed by atoms with Crippen LogP contribution >= 0.6 is 0 Å². The van der Waals surface area contributed by atoms with Gasteiger partial charge in [0.05, 0.1) is 0 Å². The van der Waals surface area contributed by atoms with Crippen molar-refractivity contribution in [2.24, 2.45) is 0 Å². The number of hydrogen-bond acceptors (Lipinski definition) is 1. The number of carbonyl (C=O) groups is 1. The molecular formula is C7H4OSe2. The van der Waals surface area contributed by atoms with E-state index in [1.165, 1.54) is 9.65 Å². The van der Waals surface area contributed by atoms with Crippen LogP contribution in [0.3, 0.4) is 0 Å². The van der Waals surface area contributed by atoms with E-state index in [4.69, 9.17) is 0 Å². The molecule has 0 aliphatic heterocycles. The fourth-order valence-corrected chi connectivity index (χ4v) is 5.35. The Balaban J connectivity index is 2.88. The first kappa shape index (κ1) is 6.63.